The minimum absolute atomic E-state index is 0.0241. The van der Waals surface area contributed by atoms with Crippen LogP contribution in [-0.4, -0.2) is 87.0 Å². The fourth-order valence-corrected chi connectivity index (χ4v) is 4.99. The summed E-state index contributed by atoms with van der Waals surface area (Å²) in [5, 5.41) is 9.39. The first-order chi connectivity index (χ1) is 14.9. The number of anilines is 1. The molecule has 0 aromatic carbocycles. The third-order valence-electron chi connectivity index (χ3n) is 6.33. The Balaban J connectivity index is 1.24. The van der Waals surface area contributed by atoms with Crippen LogP contribution >= 0.6 is 0 Å². The highest BCUT2D eigenvalue weighted by Crippen LogP contribution is 2.50. The van der Waals surface area contributed by atoms with Crippen molar-refractivity contribution in [2.45, 2.75) is 71.2 Å². The van der Waals surface area contributed by atoms with Gasteiger partial charge in [-0.15, -0.1) is 0 Å². The number of ether oxygens (including phenoxy) is 2. The summed E-state index contributed by atoms with van der Waals surface area (Å²) >= 11 is 0. The minimum Gasteiger partial charge on any atom is -0.505 e. The Morgan fingerprint density at radius 3 is 2.16 bits per heavy atom. The highest BCUT2D eigenvalue weighted by atomic mass is 16.6. The summed E-state index contributed by atoms with van der Waals surface area (Å²) in [7, 11) is 0. The Morgan fingerprint density at radius 2 is 1.62 bits per heavy atom. The van der Waals surface area contributed by atoms with E-state index < -0.39 is 5.60 Å². The first kappa shape index (κ1) is 22.4. The minimum atomic E-state index is -0.497. The van der Waals surface area contributed by atoms with Crippen molar-refractivity contribution >= 4 is 18.1 Å². The van der Waals surface area contributed by atoms with E-state index in [0.29, 0.717) is 32.1 Å². The molecule has 1 N–H and O–H groups in total. The van der Waals surface area contributed by atoms with Crippen molar-refractivity contribution in [2.75, 3.05) is 31.1 Å². The van der Waals surface area contributed by atoms with E-state index >= 15 is 0 Å². The van der Waals surface area contributed by atoms with Crippen LogP contribution in [0.2, 0.25) is 0 Å². The topological polar surface area (TPSA) is 108 Å². The van der Waals surface area contributed by atoms with Crippen LogP contribution < -0.4 is 4.90 Å². The monoisotopic (exact) mass is 447 g/mol. The number of nitrogens with zero attached hydrogens (tertiary/aromatic N) is 5. The molecular formula is C22H33N5O5. The molecular weight excluding hydrogens is 414 g/mol. The van der Waals surface area contributed by atoms with Crippen LogP contribution in [-0.2, 0) is 9.47 Å². The Morgan fingerprint density at radius 1 is 1.06 bits per heavy atom. The van der Waals surface area contributed by atoms with Gasteiger partial charge in [0.2, 0.25) is 5.95 Å². The highest BCUT2D eigenvalue weighted by Gasteiger charge is 2.56. The molecule has 0 bridgehead atoms. The van der Waals surface area contributed by atoms with E-state index in [-0.39, 0.29) is 41.5 Å². The van der Waals surface area contributed by atoms with Gasteiger partial charge < -0.3 is 24.4 Å². The number of piperazine rings is 1. The van der Waals surface area contributed by atoms with Crippen molar-refractivity contribution in [1.29, 1.82) is 0 Å². The van der Waals surface area contributed by atoms with E-state index in [4.69, 9.17) is 9.47 Å². The van der Waals surface area contributed by atoms with Gasteiger partial charge in [-0.05, 0) is 47.5 Å². The van der Waals surface area contributed by atoms with Gasteiger partial charge in [0.15, 0.2) is 5.75 Å². The zero-order valence-corrected chi connectivity index (χ0v) is 19.4. The lowest BCUT2D eigenvalue weighted by Crippen LogP contribution is -2.66. The maximum absolute atomic E-state index is 12.9. The summed E-state index contributed by atoms with van der Waals surface area (Å²) in [4.78, 5) is 38.9. The second kappa shape index (κ2) is 7.97. The van der Waals surface area contributed by atoms with Gasteiger partial charge in [-0.3, -0.25) is 4.90 Å². The van der Waals surface area contributed by atoms with Crippen LogP contribution in [0.5, 0.6) is 5.75 Å². The molecule has 2 amide bonds. The summed E-state index contributed by atoms with van der Waals surface area (Å²) in [5.41, 5.74) is -0.433. The lowest BCUT2D eigenvalue weighted by Gasteiger charge is -2.58. The average Bonchev–Trinajstić information content (AvgIpc) is 2.60. The number of hydrogen-bond acceptors (Lipinski definition) is 8. The van der Waals surface area contributed by atoms with E-state index in [1.165, 1.54) is 12.4 Å². The van der Waals surface area contributed by atoms with E-state index in [1.54, 1.807) is 9.80 Å². The number of carbonyl (C=O) groups is 2. The molecule has 2 aliphatic heterocycles. The molecule has 3 fully saturated rings. The Bertz CT molecular complexity index is 844. The highest BCUT2D eigenvalue weighted by molar-refractivity contribution is 5.70. The molecule has 1 spiro atoms. The normalized spacial score (nSPS) is 25.2. The SMILES string of the molecule is C[C@@H]1CN(c2ncc(O)cn2)C[C@H](C)N1C(=O)OC1CC2(C1)CN(C(=O)OC(C)(C)C)C2. The molecule has 1 aromatic heterocycles. The molecule has 1 aliphatic carbocycles. The van der Waals surface area contributed by atoms with Crippen LogP contribution in [0.25, 0.3) is 0 Å². The van der Waals surface area contributed by atoms with Crippen LogP contribution in [0.3, 0.4) is 0 Å². The maximum atomic E-state index is 12.9. The first-order valence-corrected chi connectivity index (χ1v) is 11.2. The number of carbonyl (C=O) groups excluding carboxylic acids is 2. The smallest absolute Gasteiger partial charge is 0.410 e. The molecule has 3 heterocycles. The second-order valence-corrected chi connectivity index (χ2v) is 10.5. The molecule has 1 aromatic rings. The predicted octanol–water partition coefficient (Wildman–Crippen LogP) is 2.62. The predicted molar refractivity (Wildman–Crippen MR) is 116 cm³/mol. The molecule has 4 rings (SSSR count). The molecule has 10 heteroatoms. The van der Waals surface area contributed by atoms with Gasteiger partial charge in [0.25, 0.3) is 0 Å². The van der Waals surface area contributed by atoms with Gasteiger partial charge in [0.1, 0.15) is 11.7 Å². The summed E-state index contributed by atoms with van der Waals surface area (Å²) < 4.78 is 11.2. The van der Waals surface area contributed by atoms with Crippen LogP contribution in [0, 0.1) is 5.41 Å². The first-order valence-electron chi connectivity index (χ1n) is 11.2. The van der Waals surface area contributed by atoms with Gasteiger partial charge in [0.05, 0.1) is 24.5 Å². The van der Waals surface area contributed by atoms with Crippen molar-refractivity contribution < 1.29 is 24.2 Å². The van der Waals surface area contributed by atoms with Gasteiger partial charge in [-0.25, -0.2) is 19.6 Å². The lowest BCUT2D eigenvalue weighted by atomic mass is 9.62. The number of rotatable bonds is 2. The van der Waals surface area contributed by atoms with Gasteiger partial charge in [-0.2, -0.15) is 0 Å². The molecule has 0 unspecified atom stereocenters. The zero-order chi connectivity index (χ0) is 23.3. The summed E-state index contributed by atoms with van der Waals surface area (Å²) in [6.45, 7) is 12.0. The van der Waals surface area contributed by atoms with Crippen molar-refractivity contribution in [3.63, 3.8) is 0 Å². The number of likely N-dealkylation sites (tertiary alicyclic amines) is 1. The molecule has 2 atom stereocenters. The Kier molecular flexibility index (Phi) is 5.58. The standard InChI is InChI=1S/C22H33N5O5/c1-14-10-25(18-23-8-16(28)9-24-18)11-15(2)27(14)20(30)31-17-6-22(7-17)12-26(13-22)19(29)32-21(3,4)5/h8-9,14-15,17,28H,6-7,10-13H2,1-5H3/t14-,15+. The van der Waals surface area contributed by atoms with Crippen molar-refractivity contribution in [1.82, 2.24) is 19.8 Å². The zero-order valence-electron chi connectivity index (χ0n) is 19.4. The van der Waals surface area contributed by atoms with E-state index in [9.17, 15) is 14.7 Å². The summed E-state index contributed by atoms with van der Waals surface area (Å²) in [6.07, 6.45) is 3.62. The average molecular weight is 448 g/mol. The Hall–Kier alpha value is -2.78. The quantitative estimate of drug-likeness (QED) is 0.737. The molecule has 1 saturated carbocycles. The van der Waals surface area contributed by atoms with Crippen LogP contribution in [0.1, 0.15) is 47.5 Å². The van der Waals surface area contributed by atoms with Crippen molar-refractivity contribution in [3.05, 3.63) is 12.4 Å². The second-order valence-electron chi connectivity index (χ2n) is 10.5. The Labute approximate surface area is 188 Å². The molecule has 176 valence electrons. The van der Waals surface area contributed by atoms with Crippen LogP contribution in [0.15, 0.2) is 12.4 Å². The molecule has 2 saturated heterocycles. The number of aromatic hydroxyl groups is 1. The molecule has 3 aliphatic rings. The van der Waals surface area contributed by atoms with Gasteiger partial charge in [-0.1, -0.05) is 0 Å². The third-order valence-corrected chi connectivity index (χ3v) is 6.33. The fraction of sp³-hybridized carbons (Fsp3) is 0.727. The third kappa shape index (κ3) is 4.54. The van der Waals surface area contributed by atoms with E-state index in [2.05, 4.69) is 9.97 Å². The largest absolute Gasteiger partial charge is 0.505 e. The van der Waals surface area contributed by atoms with Crippen molar-refractivity contribution in [3.8, 4) is 5.75 Å². The number of amides is 2. The molecule has 10 nitrogen and oxygen atoms in total. The maximum Gasteiger partial charge on any atom is 0.410 e. The van der Waals surface area contributed by atoms with Crippen molar-refractivity contribution in [2.24, 2.45) is 5.41 Å². The number of hydrogen-bond donors (Lipinski definition) is 1. The van der Waals surface area contributed by atoms with Gasteiger partial charge >= 0.3 is 12.2 Å². The van der Waals surface area contributed by atoms with E-state index in [0.717, 1.165) is 12.8 Å². The fourth-order valence-electron chi connectivity index (χ4n) is 4.99. The number of aromatic nitrogens is 2. The van der Waals surface area contributed by atoms with Gasteiger partial charge in [0, 0.05) is 31.6 Å². The lowest BCUT2D eigenvalue weighted by molar-refractivity contribution is -0.131. The summed E-state index contributed by atoms with van der Waals surface area (Å²) in [5.74, 6) is 0.561. The van der Waals surface area contributed by atoms with Crippen LogP contribution in [0.4, 0.5) is 15.5 Å². The molecule has 32 heavy (non-hydrogen) atoms. The van der Waals surface area contributed by atoms with E-state index in [1.807, 2.05) is 39.5 Å². The summed E-state index contributed by atoms with van der Waals surface area (Å²) in [6, 6.07) is -0.131. The molecule has 0 radical (unpaired) electrons.